The van der Waals surface area contributed by atoms with E-state index in [0.717, 1.165) is 10.0 Å². The summed E-state index contributed by atoms with van der Waals surface area (Å²) in [6, 6.07) is 15.1. The lowest BCUT2D eigenvalue weighted by Gasteiger charge is -2.26. The Kier molecular flexibility index (Phi) is 7.45. The summed E-state index contributed by atoms with van der Waals surface area (Å²) < 4.78 is 25.4. The second-order valence-corrected chi connectivity index (χ2v) is 9.22. The molecule has 1 unspecified atom stereocenters. The number of hydrogen-bond donors (Lipinski definition) is 1. The molecule has 36 heavy (non-hydrogen) atoms. The molecule has 3 aromatic carbocycles. The van der Waals surface area contributed by atoms with E-state index < -0.39 is 23.5 Å². The lowest BCUT2D eigenvalue weighted by atomic mass is 9.94. The van der Waals surface area contributed by atoms with E-state index in [2.05, 4.69) is 15.9 Å². The average molecular weight is 554 g/mol. The van der Waals surface area contributed by atoms with Crippen LogP contribution in [0, 0.1) is 12.7 Å². The number of carbonyl (C=O) groups excluding carboxylic acids is 2. The largest absolute Gasteiger partial charge is 0.507 e. The van der Waals surface area contributed by atoms with Crippen molar-refractivity contribution in [3.8, 4) is 11.5 Å². The summed E-state index contributed by atoms with van der Waals surface area (Å²) in [6.45, 7) is 4.13. The van der Waals surface area contributed by atoms with Gasteiger partial charge in [-0.05, 0) is 66.9 Å². The topological polar surface area (TPSA) is 76.1 Å². The smallest absolute Gasteiger partial charge is 0.295 e. The van der Waals surface area contributed by atoms with Gasteiger partial charge in [0.05, 0.1) is 25.3 Å². The first-order chi connectivity index (χ1) is 17.2. The number of rotatable bonds is 7. The van der Waals surface area contributed by atoms with Gasteiger partial charge in [-0.1, -0.05) is 40.2 Å². The van der Waals surface area contributed by atoms with Gasteiger partial charge in [0.15, 0.2) is 11.5 Å². The van der Waals surface area contributed by atoms with Crippen molar-refractivity contribution in [2.24, 2.45) is 0 Å². The molecule has 0 bridgehead atoms. The summed E-state index contributed by atoms with van der Waals surface area (Å²) in [5.41, 5.74) is 2.45. The minimum Gasteiger partial charge on any atom is -0.507 e. The number of likely N-dealkylation sites (tertiary alicyclic amines) is 1. The fraction of sp³-hybridized carbons (Fsp3) is 0.214. The van der Waals surface area contributed by atoms with E-state index in [-0.39, 0.29) is 17.9 Å². The van der Waals surface area contributed by atoms with Gasteiger partial charge in [-0.3, -0.25) is 9.59 Å². The van der Waals surface area contributed by atoms with Crippen LogP contribution in [0.4, 0.5) is 4.39 Å². The molecule has 3 aromatic rings. The van der Waals surface area contributed by atoms with E-state index in [1.165, 1.54) is 24.1 Å². The van der Waals surface area contributed by atoms with Gasteiger partial charge >= 0.3 is 0 Å². The number of benzene rings is 3. The van der Waals surface area contributed by atoms with Crippen molar-refractivity contribution in [1.82, 2.24) is 4.90 Å². The normalized spacial score (nSPS) is 16.9. The second-order valence-electron chi connectivity index (χ2n) is 8.36. The van der Waals surface area contributed by atoms with Crippen LogP contribution in [0.15, 0.2) is 70.7 Å². The van der Waals surface area contributed by atoms with E-state index in [9.17, 15) is 19.1 Å². The van der Waals surface area contributed by atoms with Crippen LogP contribution in [-0.4, -0.2) is 35.4 Å². The van der Waals surface area contributed by atoms with Crippen molar-refractivity contribution in [3.05, 3.63) is 98.8 Å². The third-order valence-electron chi connectivity index (χ3n) is 6.04. The number of Topliss-reactive ketones (excluding diaryl/α,β-unsaturated/α-hetero) is 1. The van der Waals surface area contributed by atoms with E-state index in [1.54, 1.807) is 48.5 Å². The van der Waals surface area contributed by atoms with Crippen molar-refractivity contribution >= 4 is 33.4 Å². The molecule has 1 saturated heterocycles. The minimum absolute atomic E-state index is 0.0311. The zero-order chi connectivity index (χ0) is 26.0. The van der Waals surface area contributed by atoms with Gasteiger partial charge in [-0.2, -0.15) is 0 Å². The highest BCUT2D eigenvalue weighted by Gasteiger charge is 2.46. The number of carbonyl (C=O) groups is 2. The highest BCUT2D eigenvalue weighted by molar-refractivity contribution is 9.10. The second kappa shape index (κ2) is 10.5. The van der Waals surface area contributed by atoms with Crippen LogP contribution >= 0.6 is 15.9 Å². The fourth-order valence-corrected chi connectivity index (χ4v) is 4.50. The van der Waals surface area contributed by atoms with Crippen molar-refractivity contribution < 1.29 is 28.6 Å². The molecule has 6 nitrogen and oxygen atoms in total. The first kappa shape index (κ1) is 25.4. The SMILES string of the molecule is CCOc1cc(C2/C(=C(/O)c3ccc(Br)c(C)c3)C(=O)C(=O)N2Cc2ccc(F)cc2)ccc1OC. The van der Waals surface area contributed by atoms with Gasteiger partial charge in [-0.25, -0.2) is 4.39 Å². The van der Waals surface area contributed by atoms with E-state index in [0.29, 0.717) is 34.8 Å². The Morgan fingerprint density at radius 3 is 2.42 bits per heavy atom. The van der Waals surface area contributed by atoms with Crippen molar-refractivity contribution in [2.75, 3.05) is 13.7 Å². The van der Waals surface area contributed by atoms with Crippen molar-refractivity contribution in [1.29, 1.82) is 0 Å². The highest BCUT2D eigenvalue weighted by Crippen LogP contribution is 2.43. The Hall–Kier alpha value is -3.65. The zero-order valence-corrected chi connectivity index (χ0v) is 21.6. The van der Waals surface area contributed by atoms with Gasteiger partial charge in [0.1, 0.15) is 11.6 Å². The van der Waals surface area contributed by atoms with E-state index in [4.69, 9.17) is 9.47 Å². The molecule has 0 saturated carbocycles. The molecule has 8 heteroatoms. The lowest BCUT2D eigenvalue weighted by Crippen LogP contribution is -2.29. The number of amides is 1. The van der Waals surface area contributed by atoms with Crippen molar-refractivity contribution in [2.45, 2.75) is 26.4 Å². The third kappa shape index (κ3) is 4.86. The number of hydrogen-bond acceptors (Lipinski definition) is 5. The highest BCUT2D eigenvalue weighted by atomic mass is 79.9. The summed E-state index contributed by atoms with van der Waals surface area (Å²) in [6.07, 6.45) is 0. The molecule has 0 aliphatic carbocycles. The predicted molar refractivity (Wildman–Crippen MR) is 137 cm³/mol. The summed E-state index contributed by atoms with van der Waals surface area (Å²) in [4.78, 5) is 27.9. The van der Waals surface area contributed by atoms with Crippen LogP contribution in [0.5, 0.6) is 11.5 Å². The average Bonchev–Trinajstić information content (AvgIpc) is 3.11. The number of halogens is 2. The fourth-order valence-electron chi connectivity index (χ4n) is 4.26. The maximum atomic E-state index is 13.5. The molecule has 186 valence electrons. The molecule has 1 N–H and O–H groups in total. The van der Waals surface area contributed by atoms with Crippen LogP contribution in [0.25, 0.3) is 5.76 Å². The van der Waals surface area contributed by atoms with Gasteiger partial charge in [0, 0.05) is 16.6 Å². The molecule has 4 rings (SSSR count). The van der Waals surface area contributed by atoms with Crippen LogP contribution in [0.1, 0.15) is 35.2 Å². The molecule has 1 aliphatic rings. The number of aliphatic hydroxyl groups is 1. The molecule has 1 fully saturated rings. The standard InChI is InChI=1S/C28H25BrFNO5/c1-4-36-23-14-18(8-12-22(23)35-3)25-24(26(32)19-7-11-21(29)16(2)13-19)27(33)28(34)31(25)15-17-5-9-20(30)10-6-17/h5-14,25,32H,4,15H2,1-3H3/b26-24-. The number of ether oxygens (including phenoxy) is 2. The Labute approximate surface area is 217 Å². The predicted octanol–water partition coefficient (Wildman–Crippen LogP) is 5.93. The van der Waals surface area contributed by atoms with Gasteiger partial charge in [0.2, 0.25) is 0 Å². The molecule has 1 heterocycles. The van der Waals surface area contributed by atoms with E-state index >= 15 is 0 Å². The maximum Gasteiger partial charge on any atom is 0.295 e. The molecule has 0 spiro atoms. The first-order valence-electron chi connectivity index (χ1n) is 11.3. The number of aliphatic hydroxyl groups excluding tert-OH is 1. The first-order valence-corrected chi connectivity index (χ1v) is 12.1. The molecule has 0 radical (unpaired) electrons. The number of ketones is 1. The number of aryl methyl sites for hydroxylation is 1. The molecule has 0 aromatic heterocycles. The Balaban J connectivity index is 1.90. The Bertz CT molecular complexity index is 1350. The summed E-state index contributed by atoms with van der Waals surface area (Å²) in [7, 11) is 1.52. The van der Waals surface area contributed by atoms with Crippen molar-refractivity contribution in [3.63, 3.8) is 0 Å². The minimum atomic E-state index is -0.899. The van der Waals surface area contributed by atoms with Crippen LogP contribution in [-0.2, 0) is 16.1 Å². The molecular formula is C28H25BrFNO5. The summed E-state index contributed by atoms with van der Waals surface area (Å²) in [5.74, 6) is -1.28. The quantitative estimate of drug-likeness (QED) is 0.223. The summed E-state index contributed by atoms with van der Waals surface area (Å²) in [5, 5.41) is 11.3. The maximum absolute atomic E-state index is 13.5. The van der Waals surface area contributed by atoms with Crippen LogP contribution < -0.4 is 9.47 Å². The van der Waals surface area contributed by atoms with E-state index in [1.807, 2.05) is 13.8 Å². The summed E-state index contributed by atoms with van der Waals surface area (Å²) >= 11 is 3.44. The van der Waals surface area contributed by atoms with Crippen LogP contribution in [0.3, 0.4) is 0 Å². The molecule has 1 aliphatic heterocycles. The molecule has 1 atom stereocenters. The zero-order valence-electron chi connectivity index (χ0n) is 20.0. The molecular weight excluding hydrogens is 529 g/mol. The van der Waals surface area contributed by atoms with Gasteiger partial charge in [-0.15, -0.1) is 0 Å². The molecule has 1 amide bonds. The van der Waals surface area contributed by atoms with Gasteiger partial charge in [0.25, 0.3) is 11.7 Å². The number of nitrogens with zero attached hydrogens (tertiary/aromatic N) is 1. The lowest BCUT2D eigenvalue weighted by molar-refractivity contribution is -0.140. The van der Waals surface area contributed by atoms with Gasteiger partial charge < -0.3 is 19.5 Å². The monoisotopic (exact) mass is 553 g/mol. The van der Waals surface area contributed by atoms with Crippen LogP contribution in [0.2, 0.25) is 0 Å². The Morgan fingerprint density at radius 2 is 1.78 bits per heavy atom. The Morgan fingerprint density at radius 1 is 1.06 bits per heavy atom. The number of methoxy groups -OCH3 is 1. The third-order valence-corrected chi connectivity index (χ3v) is 6.93.